The normalized spacial score (nSPS) is 17.3. The smallest absolute Gasteiger partial charge is 0.205 e. The minimum Gasteiger partial charge on any atom is -0.378 e. The maximum Gasteiger partial charge on any atom is 0.205 e. The first-order chi connectivity index (χ1) is 15.2. The van der Waals surface area contributed by atoms with Crippen LogP contribution in [0.15, 0.2) is 23.2 Å². The lowest BCUT2D eigenvalue weighted by Crippen LogP contribution is -2.52. The third kappa shape index (κ3) is 5.98. The van der Waals surface area contributed by atoms with Crippen LogP contribution in [-0.2, 0) is 17.7 Å². The van der Waals surface area contributed by atoms with Crippen molar-refractivity contribution in [3.63, 3.8) is 0 Å². The molecule has 8 nitrogen and oxygen atoms in total. The summed E-state index contributed by atoms with van der Waals surface area (Å²) in [6.45, 7) is 8.80. The number of morpholine rings is 1. The minimum atomic E-state index is -0.187. The van der Waals surface area contributed by atoms with Crippen molar-refractivity contribution >= 4 is 52.3 Å². The Balaban J connectivity index is 0.00000289. The van der Waals surface area contributed by atoms with E-state index in [1.54, 1.807) is 13.1 Å². The average molecular weight is 575 g/mol. The molecule has 2 fully saturated rings. The summed E-state index contributed by atoms with van der Waals surface area (Å²) in [5, 5.41) is 4.38. The largest absolute Gasteiger partial charge is 0.378 e. The molecule has 2 aromatic rings. The number of aliphatic imine (C=N–C) groups is 1. The van der Waals surface area contributed by atoms with Gasteiger partial charge in [0.2, 0.25) is 5.13 Å². The van der Waals surface area contributed by atoms with E-state index in [0.29, 0.717) is 25.4 Å². The molecule has 0 radical (unpaired) electrons. The fourth-order valence-electron chi connectivity index (χ4n) is 3.86. The van der Waals surface area contributed by atoms with Crippen molar-refractivity contribution in [2.45, 2.75) is 19.9 Å². The van der Waals surface area contributed by atoms with E-state index in [2.05, 4.69) is 36.4 Å². The van der Waals surface area contributed by atoms with E-state index in [-0.39, 0.29) is 29.8 Å². The van der Waals surface area contributed by atoms with Gasteiger partial charge in [-0.15, -0.1) is 24.0 Å². The lowest BCUT2D eigenvalue weighted by atomic mass is 10.1. The Morgan fingerprint density at radius 3 is 2.53 bits per heavy atom. The third-order valence-corrected chi connectivity index (χ3v) is 6.46. The van der Waals surface area contributed by atoms with Crippen LogP contribution in [0.4, 0.5) is 15.2 Å². The predicted octanol–water partition coefficient (Wildman–Crippen LogP) is 2.59. The molecule has 2 aliphatic heterocycles. The number of benzene rings is 1. The number of aryl methyl sites for hydroxylation is 1. The Morgan fingerprint density at radius 2 is 1.91 bits per heavy atom. The van der Waals surface area contributed by atoms with Gasteiger partial charge in [-0.05, 0) is 17.7 Å². The second kappa shape index (κ2) is 11.9. The van der Waals surface area contributed by atoms with E-state index in [1.807, 2.05) is 17.0 Å². The Morgan fingerprint density at radius 1 is 1.16 bits per heavy atom. The molecule has 32 heavy (non-hydrogen) atoms. The molecule has 1 N–H and O–H groups in total. The summed E-state index contributed by atoms with van der Waals surface area (Å²) in [6.07, 6.45) is 0.862. The summed E-state index contributed by atoms with van der Waals surface area (Å²) in [7, 11) is 1.79. The summed E-state index contributed by atoms with van der Waals surface area (Å²) in [4.78, 5) is 15.6. The zero-order valence-corrected chi connectivity index (χ0v) is 21.7. The van der Waals surface area contributed by atoms with E-state index in [9.17, 15) is 4.39 Å². The average Bonchev–Trinajstić information content (AvgIpc) is 3.30. The fourth-order valence-corrected chi connectivity index (χ4v) is 4.66. The number of nitrogens with one attached hydrogen (secondary N) is 1. The number of halogens is 2. The van der Waals surface area contributed by atoms with Crippen LogP contribution in [0.25, 0.3) is 0 Å². The molecule has 0 unspecified atom stereocenters. The van der Waals surface area contributed by atoms with Crippen molar-refractivity contribution in [1.82, 2.24) is 19.6 Å². The number of anilines is 2. The first kappa shape index (κ1) is 24.9. The summed E-state index contributed by atoms with van der Waals surface area (Å²) < 4.78 is 24.4. The van der Waals surface area contributed by atoms with Gasteiger partial charge in [-0.3, -0.25) is 4.99 Å². The Hall–Kier alpha value is -1.73. The van der Waals surface area contributed by atoms with Gasteiger partial charge in [0.1, 0.15) is 11.6 Å². The number of hydrogen-bond acceptors (Lipinski definition) is 7. The van der Waals surface area contributed by atoms with Gasteiger partial charge in [-0.2, -0.15) is 4.37 Å². The number of rotatable bonds is 5. The zero-order valence-electron chi connectivity index (χ0n) is 18.6. The summed E-state index contributed by atoms with van der Waals surface area (Å²) in [5.41, 5.74) is 1.55. The molecule has 2 aliphatic rings. The predicted molar refractivity (Wildman–Crippen MR) is 138 cm³/mol. The van der Waals surface area contributed by atoms with Crippen LogP contribution in [-0.4, -0.2) is 79.7 Å². The van der Waals surface area contributed by atoms with Crippen LogP contribution >= 0.6 is 35.5 Å². The van der Waals surface area contributed by atoms with Crippen LogP contribution in [0.5, 0.6) is 0 Å². The van der Waals surface area contributed by atoms with Crippen molar-refractivity contribution < 1.29 is 9.13 Å². The van der Waals surface area contributed by atoms with Crippen molar-refractivity contribution in [3.05, 3.63) is 35.4 Å². The molecular formula is C21H31FIN7OS. The second-order valence-corrected chi connectivity index (χ2v) is 8.34. The van der Waals surface area contributed by atoms with Crippen molar-refractivity contribution in [2.75, 3.05) is 69.3 Å². The van der Waals surface area contributed by atoms with Crippen molar-refractivity contribution in [1.29, 1.82) is 0 Å². The van der Waals surface area contributed by atoms with Crippen molar-refractivity contribution in [3.8, 4) is 0 Å². The van der Waals surface area contributed by atoms with Gasteiger partial charge in [-0.1, -0.05) is 13.0 Å². The molecule has 4 rings (SSSR count). The number of hydrogen-bond donors (Lipinski definition) is 1. The topological polar surface area (TPSA) is 69.1 Å². The SMILES string of the molecule is CCc1nsc(N2CCN(C(=NC)NCc3ccc(N4CCOCC4)c(F)c3)CC2)n1.I. The first-order valence-electron chi connectivity index (χ1n) is 10.8. The van der Waals surface area contributed by atoms with Crippen molar-refractivity contribution in [2.24, 2.45) is 4.99 Å². The van der Waals surface area contributed by atoms with Crippen LogP contribution in [0, 0.1) is 5.82 Å². The zero-order chi connectivity index (χ0) is 21.6. The van der Waals surface area contributed by atoms with E-state index in [1.165, 1.54) is 11.5 Å². The van der Waals surface area contributed by atoms with Crippen LogP contribution < -0.4 is 15.1 Å². The molecule has 0 spiro atoms. The maximum atomic E-state index is 14.7. The molecular weight excluding hydrogens is 544 g/mol. The molecule has 3 heterocycles. The molecule has 1 aromatic carbocycles. The Bertz CT molecular complexity index is 898. The minimum absolute atomic E-state index is 0. The van der Waals surface area contributed by atoms with Gasteiger partial charge >= 0.3 is 0 Å². The highest BCUT2D eigenvalue weighted by molar-refractivity contribution is 14.0. The fraction of sp³-hybridized carbons (Fsp3) is 0.571. The number of nitrogens with zero attached hydrogens (tertiary/aromatic N) is 6. The number of guanidine groups is 1. The highest BCUT2D eigenvalue weighted by Gasteiger charge is 2.22. The highest BCUT2D eigenvalue weighted by atomic mass is 127. The molecule has 2 saturated heterocycles. The molecule has 176 valence electrons. The summed E-state index contributed by atoms with van der Waals surface area (Å²) in [6, 6.07) is 5.46. The molecule has 0 bridgehead atoms. The highest BCUT2D eigenvalue weighted by Crippen LogP contribution is 2.22. The first-order valence-corrected chi connectivity index (χ1v) is 11.6. The third-order valence-electron chi connectivity index (χ3n) is 5.65. The van der Waals surface area contributed by atoms with Gasteiger partial charge < -0.3 is 24.8 Å². The molecule has 0 aliphatic carbocycles. The van der Waals surface area contributed by atoms with Crippen LogP contribution in [0.1, 0.15) is 18.3 Å². The number of ether oxygens (including phenoxy) is 1. The van der Waals surface area contributed by atoms with Gasteiger partial charge in [-0.25, -0.2) is 9.37 Å². The summed E-state index contributed by atoms with van der Waals surface area (Å²) in [5.74, 6) is 1.56. The molecule has 1 aromatic heterocycles. The monoisotopic (exact) mass is 575 g/mol. The van der Waals surface area contributed by atoms with Crippen LogP contribution in [0.2, 0.25) is 0 Å². The second-order valence-electron chi connectivity index (χ2n) is 7.61. The van der Waals surface area contributed by atoms with Gasteiger partial charge in [0.15, 0.2) is 5.96 Å². The standard InChI is InChI=1S/C21H30FN7OS.HI/c1-3-19-25-21(31-26-19)29-8-6-28(7-9-29)20(23-2)24-15-16-4-5-18(17(22)14-16)27-10-12-30-13-11-27;/h4-5,14H,3,6-13,15H2,1-2H3,(H,23,24);1H. The molecule has 0 saturated carbocycles. The molecule has 0 atom stereocenters. The van der Waals surface area contributed by atoms with E-state index in [0.717, 1.165) is 68.2 Å². The number of piperazine rings is 1. The molecule has 0 amide bonds. The lowest BCUT2D eigenvalue weighted by molar-refractivity contribution is 0.122. The van der Waals surface area contributed by atoms with E-state index < -0.39 is 0 Å². The van der Waals surface area contributed by atoms with E-state index in [4.69, 9.17) is 4.74 Å². The maximum absolute atomic E-state index is 14.7. The Kier molecular flexibility index (Phi) is 9.29. The Labute approximate surface area is 210 Å². The number of aromatic nitrogens is 2. The van der Waals surface area contributed by atoms with Gasteiger partial charge in [0.05, 0.1) is 18.9 Å². The van der Waals surface area contributed by atoms with Gasteiger partial charge in [0, 0.05) is 70.8 Å². The summed E-state index contributed by atoms with van der Waals surface area (Å²) >= 11 is 1.47. The molecule has 11 heteroatoms. The lowest BCUT2D eigenvalue weighted by Gasteiger charge is -2.36. The van der Waals surface area contributed by atoms with Gasteiger partial charge in [0.25, 0.3) is 0 Å². The van der Waals surface area contributed by atoms with Crippen LogP contribution in [0.3, 0.4) is 0 Å². The quantitative estimate of drug-likeness (QED) is 0.334. The van der Waals surface area contributed by atoms with E-state index >= 15 is 0 Å².